The van der Waals surface area contributed by atoms with Crippen LogP contribution in [0, 0.1) is 0 Å². The van der Waals surface area contributed by atoms with E-state index in [0.29, 0.717) is 5.56 Å². The highest BCUT2D eigenvalue weighted by molar-refractivity contribution is 5.87. The van der Waals surface area contributed by atoms with E-state index in [9.17, 15) is 18.0 Å². The summed E-state index contributed by atoms with van der Waals surface area (Å²) in [6, 6.07) is 10.9. The number of fused-ring (bicyclic) bond motifs is 1. The maximum absolute atomic E-state index is 12.9. The quantitative estimate of drug-likeness (QED) is 0.539. The Morgan fingerprint density at radius 3 is 2.43 bits per heavy atom. The van der Waals surface area contributed by atoms with Gasteiger partial charge in [0.05, 0.1) is 18.6 Å². The normalized spacial score (nSPS) is 12.9. The second kappa shape index (κ2) is 8.09. The van der Waals surface area contributed by atoms with E-state index in [-0.39, 0.29) is 19.0 Å². The minimum absolute atomic E-state index is 0.0580. The number of alkyl halides is 3. The molecule has 2 aromatic carbocycles. The smallest absolute Gasteiger partial charge is 0.416 e. The van der Waals surface area contributed by atoms with E-state index in [2.05, 4.69) is 11.9 Å². The molecule has 0 spiro atoms. The minimum Gasteiger partial charge on any atom is -0.466 e. The van der Waals surface area contributed by atoms with Crippen molar-refractivity contribution < 1.29 is 22.7 Å². The predicted octanol–water partition coefficient (Wildman–Crippen LogP) is 5.83. The molecule has 0 saturated carbocycles. The van der Waals surface area contributed by atoms with Gasteiger partial charge in [-0.15, -0.1) is 0 Å². The summed E-state index contributed by atoms with van der Waals surface area (Å²) in [4.78, 5) is 15.5. The van der Waals surface area contributed by atoms with Crippen molar-refractivity contribution >= 4 is 16.9 Å². The second-order valence-electron chi connectivity index (χ2n) is 6.62. The Bertz CT molecular complexity index is 958. The summed E-state index contributed by atoms with van der Waals surface area (Å²) in [5.74, 6) is -0.782. The number of aryl methyl sites for hydroxylation is 1. The summed E-state index contributed by atoms with van der Waals surface area (Å²) >= 11 is 0. The molecule has 0 fully saturated rings. The molecule has 0 aliphatic rings. The van der Waals surface area contributed by atoms with Gasteiger partial charge in [-0.05, 0) is 42.2 Å². The van der Waals surface area contributed by atoms with Crippen LogP contribution < -0.4 is 0 Å². The lowest BCUT2D eigenvalue weighted by molar-refractivity contribution is -0.143. The third-order valence-corrected chi connectivity index (χ3v) is 4.91. The Balaban J connectivity index is 2.06. The maximum Gasteiger partial charge on any atom is 0.416 e. The zero-order valence-corrected chi connectivity index (χ0v) is 15.8. The number of carbonyl (C=O) groups is 1. The average Bonchev–Trinajstić information content (AvgIpc) is 3.10. The van der Waals surface area contributed by atoms with E-state index in [1.165, 1.54) is 12.1 Å². The molecule has 3 aromatic rings. The summed E-state index contributed by atoms with van der Waals surface area (Å²) in [5, 5.41) is 0.966. The Kier molecular flexibility index (Phi) is 5.77. The first-order valence-corrected chi connectivity index (χ1v) is 9.26. The van der Waals surface area contributed by atoms with Crippen LogP contribution in [0.2, 0.25) is 0 Å². The van der Waals surface area contributed by atoms with E-state index in [1.807, 2.05) is 24.4 Å². The zero-order valence-electron chi connectivity index (χ0n) is 15.8. The van der Waals surface area contributed by atoms with Crippen LogP contribution in [0.5, 0.6) is 0 Å². The Morgan fingerprint density at radius 2 is 1.82 bits per heavy atom. The molecule has 0 radical (unpaired) electrons. The van der Waals surface area contributed by atoms with Crippen LogP contribution in [0.1, 0.15) is 48.4 Å². The van der Waals surface area contributed by atoms with E-state index < -0.39 is 17.7 Å². The molecule has 0 bridgehead atoms. The van der Waals surface area contributed by atoms with Crippen molar-refractivity contribution in [1.29, 1.82) is 0 Å². The molecule has 0 aliphatic carbocycles. The van der Waals surface area contributed by atoms with Crippen LogP contribution in [0.3, 0.4) is 0 Å². The third kappa shape index (κ3) is 4.06. The molecule has 3 rings (SSSR count). The number of aromatic nitrogens is 1. The average molecular weight is 389 g/mol. The summed E-state index contributed by atoms with van der Waals surface area (Å²) < 4.78 is 43.8. The van der Waals surface area contributed by atoms with Crippen LogP contribution in [0.4, 0.5) is 13.2 Å². The van der Waals surface area contributed by atoms with Crippen LogP contribution in [-0.2, 0) is 22.1 Å². The van der Waals surface area contributed by atoms with Crippen molar-refractivity contribution in [2.45, 2.75) is 38.8 Å². The molecular weight excluding hydrogens is 367 g/mol. The molecule has 0 amide bonds. The topological polar surface area (TPSA) is 42.1 Å². The molecule has 1 atom stereocenters. The highest BCUT2D eigenvalue weighted by Crippen LogP contribution is 2.36. The van der Waals surface area contributed by atoms with Crippen molar-refractivity contribution in [3.63, 3.8) is 0 Å². The first-order chi connectivity index (χ1) is 13.3. The Labute approximate surface area is 161 Å². The van der Waals surface area contributed by atoms with Gasteiger partial charge in [0.2, 0.25) is 0 Å². The SMILES string of the molecule is CCOC(=O)CC(c1ccc(C(F)(F)F)cc1)c1c[nH]c2c(CC)cccc12. The highest BCUT2D eigenvalue weighted by atomic mass is 19.4. The number of esters is 1. The Hall–Kier alpha value is -2.76. The van der Waals surface area contributed by atoms with Crippen molar-refractivity contribution in [3.8, 4) is 0 Å². The van der Waals surface area contributed by atoms with Gasteiger partial charge < -0.3 is 9.72 Å². The summed E-state index contributed by atoms with van der Waals surface area (Å²) in [5.41, 5.74) is 2.94. The molecule has 148 valence electrons. The van der Waals surface area contributed by atoms with E-state index in [4.69, 9.17) is 4.74 Å². The van der Waals surface area contributed by atoms with Crippen LogP contribution in [-0.4, -0.2) is 17.6 Å². The van der Waals surface area contributed by atoms with Crippen molar-refractivity contribution in [2.75, 3.05) is 6.61 Å². The van der Waals surface area contributed by atoms with Crippen LogP contribution >= 0.6 is 0 Å². The van der Waals surface area contributed by atoms with Crippen molar-refractivity contribution in [2.24, 2.45) is 0 Å². The lowest BCUT2D eigenvalue weighted by Gasteiger charge is -2.17. The highest BCUT2D eigenvalue weighted by Gasteiger charge is 2.31. The maximum atomic E-state index is 12.9. The second-order valence-corrected chi connectivity index (χ2v) is 6.62. The summed E-state index contributed by atoms with van der Waals surface area (Å²) in [6.45, 7) is 4.04. The molecule has 6 heteroatoms. The lowest BCUT2D eigenvalue weighted by Crippen LogP contribution is -2.12. The number of aromatic amines is 1. The van der Waals surface area contributed by atoms with Gasteiger partial charge in [-0.3, -0.25) is 4.79 Å². The monoisotopic (exact) mass is 389 g/mol. The largest absolute Gasteiger partial charge is 0.466 e. The van der Waals surface area contributed by atoms with Gasteiger partial charge in [0.25, 0.3) is 0 Å². The van der Waals surface area contributed by atoms with Crippen LogP contribution in [0.25, 0.3) is 10.9 Å². The summed E-state index contributed by atoms with van der Waals surface area (Å²) in [6.07, 6.45) is -1.65. The molecule has 1 unspecified atom stereocenters. The first kappa shape index (κ1) is 20.0. The minimum atomic E-state index is -4.40. The molecule has 0 saturated heterocycles. The third-order valence-electron chi connectivity index (χ3n) is 4.91. The number of hydrogen-bond donors (Lipinski definition) is 1. The molecular formula is C22H22F3NO2. The molecule has 28 heavy (non-hydrogen) atoms. The van der Waals surface area contributed by atoms with Gasteiger partial charge >= 0.3 is 12.1 Å². The van der Waals surface area contributed by atoms with Gasteiger partial charge in [-0.25, -0.2) is 0 Å². The van der Waals surface area contributed by atoms with Gasteiger partial charge in [0, 0.05) is 23.0 Å². The number of para-hydroxylation sites is 1. The molecule has 1 aromatic heterocycles. The fourth-order valence-electron chi connectivity index (χ4n) is 3.52. The fraction of sp³-hybridized carbons (Fsp3) is 0.318. The fourth-order valence-corrected chi connectivity index (χ4v) is 3.52. The van der Waals surface area contributed by atoms with Gasteiger partial charge in [0.1, 0.15) is 0 Å². The lowest BCUT2D eigenvalue weighted by atomic mass is 9.87. The number of ether oxygens (including phenoxy) is 1. The number of nitrogens with one attached hydrogen (secondary N) is 1. The molecule has 0 aliphatic heterocycles. The van der Waals surface area contributed by atoms with Gasteiger partial charge in [0.15, 0.2) is 0 Å². The van der Waals surface area contributed by atoms with Crippen LogP contribution in [0.15, 0.2) is 48.7 Å². The zero-order chi connectivity index (χ0) is 20.3. The number of rotatable bonds is 6. The molecule has 1 N–H and O–H groups in total. The number of halogens is 3. The predicted molar refractivity (Wildman–Crippen MR) is 102 cm³/mol. The number of carbonyl (C=O) groups excluding carboxylic acids is 1. The van der Waals surface area contributed by atoms with E-state index in [1.54, 1.807) is 6.92 Å². The number of H-pyrrole nitrogens is 1. The standard InChI is InChI=1S/C22H22F3NO2/c1-3-14-6-5-7-17-19(13-26-21(14)17)18(12-20(27)28-4-2)15-8-10-16(11-9-15)22(23,24)25/h5-11,13,18,26H,3-4,12H2,1-2H3. The van der Waals surface area contributed by atoms with E-state index in [0.717, 1.165) is 40.6 Å². The first-order valence-electron chi connectivity index (χ1n) is 9.26. The molecule has 3 nitrogen and oxygen atoms in total. The Morgan fingerprint density at radius 1 is 1.11 bits per heavy atom. The van der Waals surface area contributed by atoms with E-state index >= 15 is 0 Å². The number of hydrogen-bond acceptors (Lipinski definition) is 2. The van der Waals surface area contributed by atoms with Crippen molar-refractivity contribution in [1.82, 2.24) is 4.98 Å². The van der Waals surface area contributed by atoms with Gasteiger partial charge in [-0.2, -0.15) is 13.2 Å². The number of benzene rings is 2. The van der Waals surface area contributed by atoms with Gasteiger partial charge in [-0.1, -0.05) is 37.3 Å². The molecule has 1 heterocycles. The summed E-state index contributed by atoms with van der Waals surface area (Å²) in [7, 11) is 0. The van der Waals surface area contributed by atoms with Crippen molar-refractivity contribution in [3.05, 3.63) is 70.9 Å².